The van der Waals surface area contributed by atoms with Crippen molar-refractivity contribution < 1.29 is 4.74 Å². The van der Waals surface area contributed by atoms with Crippen molar-refractivity contribution in [2.24, 2.45) is 17.6 Å². The highest BCUT2D eigenvalue weighted by Crippen LogP contribution is 2.33. The molecule has 0 spiro atoms. The van der Waals surface area contributed by atoms with Gasteiger partial charge in [0.25, 0.3) is 0 Å². The lowest BCUT2D eigenvalue weighted by Gasteiger charge is -2.33. The second kappa shape index (κ2) is 5.13. The van der Waals surface area contributed by atoms with E-state index in [-0.39, 0.29) is 0 Å². The fourth-order valence-corrected chi connectivity index (χ4v) is 3.09. The van der Waals surface area contributed by atoms with E-state index in [1.165, 1.54) is 44.9 Å². The molecule has 0 bridgehead atoms. The Morgan fingerprint density at radius 3 is 2.36 bits per heavy atom. The van der Waals surface area contributed by atoms with Crippen LogP contribution in [0.25, 0.3) is 0 Å². The summed E-state index contributed by atoms with van der Waals surface area (Å²) in [5.41, 5.74) is 6.27. The van der Waals surface area contributed by atoms with Crippen LogP contribution in [-0.4, -0.2) is 19.3 Å². The molecule has 0 aromatic rings. The van der Waals surface area contributed by atoms with Gasteiger partial charge in [-0.25, -0.2) is 0 Å². The van der Waals surface area contributed by atoms with E-state index in [2.05, 4.69) is 0 Å². The maximum atomic E-state index is 6.27. The molecule has 0 aromatic carbocycles. The predicted molar refractivity (Wildman–Crippen MR) is 58.1 cm³/mol. The maximum absolute atomic E-state index is 6.27. The summed E-state index contributed by atoms with van der Waals surface area (Å²) in [5.74, 6) is 1.65. The molecule has 0 amide bonds. The minimum atomic E-state index is 0.473. The van der Waals surface area contributed by atoms with Crippen LogP contribution < -0.4 is 5.73 Å². The molecule has 1 aliphatic heterocycles. The van der Waals surface area contributed by atoms with E-state index in [1.54, 1.807) is 0 Å². The zero-order chi connectivity index (χ0) is 9.80. The van der Waals surface area contributed by atoms with Crippen molar-refractivity contribution in [1.29, 1.82) is 0 Å². The number of rotatable bonds is 1. The molecule has 82 valence electrons. The summed E-state index contributed by atoms with van der Waals surface area (Å²) in [5, 5.41) is 0. The quantitative estimate of drug-likeness (QED) is 0.655. The average Bonchev–Trinajstić information content (AvgIpc) is 2.44. The number of ether oxygens (including phenoxy) is 1. The summed E-state index contributed by atoms with van der Waals surface area (Å²) < 4.78 is 5.42. The Balaban J connectivity index is 1.91. The van der Waals surface area contributed by atoms with Gasteiger partial charge in [-0.05, 0) is 37.5 Å². The van der Waals surface area contributed by atoms with Crippen LogP contribution in [0.1, 0.15) is 44.9 Å². The smallest absolute Gasteiger partial charge is 0.0468 e. The Hall–Kier alpha value is -0.0800. The Bertz CT molecular complexity index is 166. The molecule has 2 heteroatoms. The van der Waals surface area contributed by atoms with Gasteiger partial charge in [0.05, 0.1) is 0 Å². The second-order valence-electron chi connectivity index (χ2n) is 4.92. The molecule has 1 saturated heterocycles. The van der Waals surface area contributed by atoms with Gasteiger partial charge >= 0.3 is 0 Å². The first-order chi connectivity index (χ1) is 6.88. The zero-order valence-corrected chi connectivity index (χ0v) is 9.08. The van der Waals surface area contributed by atoms with Crippen molar-refractivity contribution in [3.8, 4) is 0 Å². The Morgan fingerprint density at radius 2 is 1.57 bits per heavy atom. The Kier molecular flexibility index (Phi) is 3.82. The van der Waals surface area contributed by atoms with Crippen molar-refractivity contribution in [3.05, 3.63) is 0 Å². The summed E-state index contributed by atoms with van der Waals surface area (Å²) in [4.78, 5) is 0. The highest BCUT2D eigenvalue weighted by Gasteiger charge is 2.29. The van der Waals surface area contributed by atoms with Gasteiger partial charge in [0.1, 0.15) is 0 Å². The molecule has 2 nitrogen and oxygen atoms in total. The van der Waals surface area contributed by atoms with Crippen molar-refractivity contribution in [3.63, 3.8) is 0 Å². The van der Waals surface area contributed by atoms with Crippen LogP contribution in [0, 0.1) is 11.8 Å². The number of nitrogens with two attached hydrogens (primary N) is 1. The molecule has 2 rings (SSSR count). The molecule has 2 atom stereocenters. The molecule has 2 unspecified atom stereocenters. The van der Waals surface area contributed by atoms with E-state index in [0.29, 0.717) is 6.04 Å². The lowest BCUT2D eigenvalue weighted by atomic mass is 9.79. The second-order valence-corrected chi connectivity index (χ2v) is 4.92. The molecule has 1 heterocycles. The van der Waals surface area contributed by atoms with Crippen molar-refractivity contribution >= 4 is 0 Å². The lowest BCUT2D eigenvalue weighted by molar-refractivity contribution is 0.0401. The summed E-state index contributed by atoms with van der Waals surface area (Å²) in [6.45, 7) is 1.93. The highest BCUT2D eigenvalue weighted by molar-refractivity contribution is 4.83. The molecule has 1 saturated carbocycles. The van der Waals surface area contributed by atoms with Gasteiger partial charge in [-0.1, -0.05) is 19.3 Å². The van der Waals surface area contributed by atoms with Gasteiger partial charge in [-0.2, -0.15) is 0 Å². The number of hydrogen-bond donors (Lipinski definition) is 1. The van der Waals surface area contributed by atoms with Crippen LogP contribution in [0.15, 0.2) is 0 Å². The lowest BCUT2D eigenvalue weighted by Crippen LogP contribution is -2.36. The summed E-state index contributed by atoms with van der Waals surface area (Å²) in [6, 6.07) is 0.473. The van der Waals surface area contributed by atoms with Crippen LogP contribution in [0.4, 0.5) is 0 Å². The molecule has 2 aliphatic rings. The Morgan fingerprint density at radius 1 is 0.857 bits per heavy atom. The van der Waals surface area contributed by atoms with E-state index in [9.17, 15) is 0 Å². The minimum Gasteiger partial charge on any atom is -0.381 e. The van der Waals surface area contributed by atoms with E-state index in [4.69, 9.17) is 10.5 Å². The topological polar surface area (TPSA) is 35.2 Å². The Labute approximate surface area is 87.2 Å². The fourth-order valence-electron chi connectivity index (χ4n) is 3.09. The van der Waals surface area contributed by atoms with Gasteiger partial charge in [-0.3, -0.25) is 0 Å². The first-order valence-electron chi connectivity index (χ1n) is 6.21. The minimum absolute atomic E-state index is 0.473. The van der Waals surface area contributed by atoms with Crippen LogP contribution >= 0.6 is 0 Å². The SMILES string of the molecule is NC1CCCCCC1C1CCOCC1. The third-order valence-electron chi connectivity index (χ3n) is 4.00. The normalized spacial score (nSPS) is 36.6. The first kappa shape index (κ1) is 10.4. The standard InChI is InChI=1S/C12H23NO/c13-12-5-3-1-2-4-11(12)10-6-8-14-9-7-10/h10-12H,1-9,13H2. The largest absolute Gasteiger partial charge is 0.381 e. The molecule has 2 fully saturated rings. The van der Waals surface area contributed by atoms with Gasteiger partial charge in [0.2, 0.25) is 0 Å². The molecule has 2 N–H and O–H groups in total. The predicted octanol–water partition coefficient (Wildman–Crippen LogP) is 2.32. The van der Waals surface area contributed by atoms with Gasteiger partial charge < -0.3 is 10.5 Å². The zero-order valence-electron chi connectivity index (χ0n) is 9.08. The first-order valence-corrected chi connectivity index (χ1v) is 6.21. The van der Waals surface area contributed by atoms with Gasteiger partial charge in [0, 0.05) is 19.3 Å². The maximum Gasteiger partial charge on any atom is 0.0468 e. The molecule has 0 aromatic heterocycles. The van der Waals surface area contributed by atoms with E-state index >= 15 is 0 Å². The molecular formula is C12H23NO. The molecule has 14 heavy (non-hydrogen) atoms. The van der Waals surface area contributed by atoms with Crippen LogP contribution in [0.3, 0.4) is 0 Å². The summed E-state index contributed by atoms with van der Waals surface area (Å²) in [6.07, 6.45) is 9.26. The van der Waals surface area contributed by atoms with Crippen LogP contribution in [-0.2, 0) is 4.74 Å². The summed E-state index contributed by atoms with van der Waals surface area (Å²) in [7, 11) is 0. The van der Waals surface area contributed by atoms with Crippen LogP contribution in [0.5, 0.6) is 0 Å². The van der Waals surface area contributed by atoms with E-state index < -0.39 is 0 Å². The van der Waals surface area contributed by atoms with Crippen molar-refractivity contribution in [1.82, 2.24) is 0 Å². The average molecular weight is 197 g/mol. The van der Waals surface area contributed by atoms with Gasteiger partial charge in [0.15, 0.2) is 0 Å². The third kappa shape index (κ3) is 2.48. The van der Waals surface area contributed by atoms with E-state index in [1.807, 2.05) is 0 Å². The van der Waals surface area contributed by atoms with Crippen molar-refractivity contribution in [2.45, 2.75) is 51.0 Å². The summed E-state index contributed by atoms with van der Waals surface area (Å²) >= 11 is 0. The van der Waals surface area contributed by atoms with Crippen molar-refractivity contribution in [2.75, 3.05) is 13.2 Å². The molecule has 0 radical (unpaired) electrons. The van der Waals surface area contributed by atoms with E-state index in [0.717, 1.165) is 25.0 Å². The molecular weight excluding hydrogens is 174 g/mol. The fraction of sp³-hybridized carbons (Fsp3) is 1.00. The number of hydrogen-bond acceptors (Lipinski definition) is 2. The molecule has 1 aliphatic carbocycles. The van der Waals surface area contributed by atoms with Crippen LogP contribution in [0.2, 0.25) is 0 Å². The monoisotopic (exact) mass is 197 g/mol. The third-order valence-corrected chi connectivity index (χ3v) is 4.00. The highest BCUT2D eigenvalue weighted by atomic mass is 16.5. The van der Waals surface area contributed by atoms with Gasteiger partial charge in [-0.15, -0.1) is 0 Å².